The van der Waals surface area contributed by atoms with E-state index >= 15 is 0 Å². The van der Waals surface area contributed by atoms with Crippen molar-refractivity contribution in [1.82, 2.24) is 24.5 Å². The van der Waals surface area contributed by atoms with Gasteiger partial charge in [-0.2, -0.15) is 0 Å². The molecule has 1 unspecified atom stereocenters. The van der Waals surface area contributed by atoms with Crippen LogP contribution in [0.15, 0.2) is 309 Å². The minimum Gasteiger partial charge on any atom is -0.312 e. The van der Waals surface area contributed by atoms with Crippen molar-refractivity contribution in [3.63, 3.8) is 0 Å². The summed E-state index contributed by atoms with van der Waals surface area (Å²) in [6.07, 6.45) is 5.19. The maximum absolute atomic E-state index is 5.67. The number of para-hydroxylation sites is 5. The van der Waals surface area contributed by atoms with Gasteiger partial charge in [-0.05, 0) is 131 Å². The average Bonchev–Trinajstić information content (AvgIpc) is 1.25. The fourth-order valence-electron chi connectivity index (χ4n) is 14.1. The van der Waals surface area contributed by atoms with Crippen molar-refractivity contribution in [3.8, 4) is 56.4 Å². The molecule has 0 amide bonds. The second-order valence-corrected chi connectivity index (χ2v) is 23.5. The number of nitrogens with zero attached hydrogens (tertiary/aromatic N) is 7. The van der Waals surface area contributed by atoms with Gasteiger partial charge in [-0.15, -0.1) is 0 Å². The van der Waals surface area contributed by atoms with Crippen LogP contribution in [-0.4, -0.2) is 31.2 Å². The third-order valence-corrected chi connectivity index (χ3v) is 18.3. The zero-order valence-corrected chi connectivity index (χ0v) is 48.9. The van der Waals surface area contributed by atoms with Gasteiger partial charge in [0, 0.05) is 72.8 Å². The molecule has 0 saturated heterocycles. The first kappa shape index (κ1) is 51.9. The molecule has 0 saturated carbocycles. The monoisotopic (exact) mass is 1140 g/mol. The number of aromatic nitrogens is 5. The van der Waals surface area contributed by atoms with Crippen molar-refractivity contribution >= 4 is 90.3 Å². The molecule has 0 radical (unpaired) electrons. The fraction of sp³-hybridized carbons (Fsp3) is 0.0370. The molecule has 2 aliphatic heterocycles. The van der Waals surface area contributed by atoms with E-state index in [1.54, 1.807) is 0 Å². The summed E-state index contributed by atoms with van der Waals surface area (Å²) < 4.78 is 2.50. The van der Waals surface area contributed by atoms with Gasteiger partial charge in [0.1, 0.15) is 0 Å². The van der Waals surface area contributed by atoms with Gasteiger partial charge in [-0.25, -0.2) is 19.9 Å². The molecular weight excluding hydrogens is 1080 g/mol. The van der Waals surface area contributed by atoms with Crippen LogP contribution in [0.3, 0.4) is 0 Å². The first-order chi connectivity index (χ1) is 44.0. The van der Waals surface area contributed by atoms with Gasteiger partial charge in [-0.3, -0.25) is 0 Å². The molecule has 17 rings (SSSR count). The molecule has 418 valence electrons. The Morgan fingerprint density at radius 3 is 1.38 bits per heavy atom. The largest absolute Gasteiger partial charge is 0.312 e. The average molecular weight is 1140 g/mol. The molecule has 7 nitrogen and oxygen atoms in total. The van der Waals surface area contributed by atoms with E-state index in [1.807, 2.05) is 30.3 Å². The Bertz CT molecular complexity index is 4900. The molecule has 0 N–H and O–H groups in total. The molecule has 14 aromatic rings. The molecule has 3 aromatic heterocycles. The second kappa shape index (κ2) is 21.2. The first-order valence-electron chi connectivity index (χ1n) is 30.5. The Morgan fingerprint density at radius 2 is 0.809 bits per heavy atom. The molecular formula is C81H56BN7. The van der Waals surface area contributed by atoms with Gasteiger partial charge >= 0.3 is 0 Å². The van der Waals surface area contributed by atoms with Crippen molar-refractivity contribution in [3.05, 3.63) is 321 Å². The molecule has 1 atom stereocenters. The number of anilines is 6. The Morgan fingerprint density at radius 1 is 0.348 bits per heavy atom. The quantitative estimate of drug-likeness (QED) is 0.127. The fourth-order valence-corrected chi connectivity index (χ4v) is 14.1. The van der Waals surface area contributed by atoms with E-state index in [9.17, 15) is 0 Å². The molecule has 89 heavy (non-hydrogen) atoms. The molecule has 1 aliphatic carbocycles. The van der Waals surface area contributed by atoms with E-state index in [2.05, 4.69) is 300 Å². The molecule has 0 fully saturated rings. The van der Waals surface area contributed by atoms with Crippen LogP contribution < -0.4 is 26.2 Å². The molecule has 5 heterocycles. The van der Waals surface area contributed by atoms with Crippen LogP contribution in [-0.2, 0) is 5.41 Å². The van der Waals surface area contributed by atoms with Crippen molar-refractivity contribution < 1.29 is 0 Å². The third kappa shape index (κ3) is 8.74. The molecule has 3 aliphatic rings. The summed E-state index contributed by atoms with van der Waals surface area (Å²) in [4.78, 5) is 26.6. The van der Waals surface area contributed by atoms with E-state index in [-0.39, 0.29) is 6.71 Å². The minimum atomic E-state index is -0.760. The lowest BCUT2D eigenvalue weighted by Gasteiger charge is -2.44. The Balaban J connectivity index is 0.895. The standard InChI is InChI=1S/C81H56BN7/c1-81(76-52-69(55-28-10-3-11-29-55)85-80(86-76)57-32-14-5-15-33-57)53-59(68-51-67(54-26-8-2-9-27-54)83-79(84-68)56-30-12-4-13-31-56)45-47-77(81)89-70-41-23-20-38-63(70)64-48-58(44-46-71(64)89)60-49-74-78-75(50-60)88(62-36-18-7-19-37-62)73-43-25-22-40-66(73)82(78)65-39-21-24-42-72(65)87(74)61-34-16-6-17-35-61/h2-52H,53H2,1H3. The normalized spacial score (nSPS) is 14.9. The summed E-state index contributed by atoms with van der Waals surface area (Å²) in [7, 11) is 0. The number of allylic oxidation sites excluding steroid dienone is 4. The van der Waals surface area contributed by atoms with Crippen LogP contribution in [0.25, 0.3) is 89.5 Å². The maximum Gasteiger partial charge on any atom is 0.252 e. The summed E-state index contributed by atoms with van der Waals surface area (Å²) in [5.41, 5.74) is 24.1. The number of hydrogen-bond donors (Lipinski definition) is 0. The van der Waals surface area contributed by atoms with Gasteiger partial charge in [-0.1, -0.05) is 224 Å². The molecule has 11 aromatic carbocycles. The molecule has 0 spiro atoms. The van der Waals surface area contributed by atoms with E-state index in [1.165, 1.54) is 39.1 Å². The van der Waals surface area contributed by atoms with E-state index < -0.39 is 5.41 Å². The van der Waals surface area contributed by atoms with Gasteiger partial charge in [0.05, 0.1) is 39.2 Å². The van der Waals surface area contributed by atoms with Crippen molar-refractivity contribution in [2.75, 3.05) is 9.80 Å². The smallest absolute Gasteiger partial charge is 0.252 e. The van der Waals surface area contributed by atoms with E-state index in [0.29, 0.717) is 18.1 Å². The van der Waals surface area contributed by atoms with Gasteiger partial charge in [0.2, 0.25) is 0 Å². The topological polar surface area (TPSA) is 63.0 Å². The number of fused-ring (bicyclic) bond motifs is 7. The summed E-state index contributed by atoms with van der Waals surface area (Å²) in [5.74, 6) is 1.35. The lowest BCUT2D eigenvalue weighted by molar-refractivity contribution is 0.584. The summed E-state index contributed by atoms with van der Waals surface area (Å²) in [5, 5.41) is 2.32. The second-order valence-electron chi connectivity index (χ2n) is 23.5. The highest BCUT2D eigenvalue weighted by molar-refractivity contribution is 7.00. The number of benzene rings is 11. The predicted molar refractivity (Wildman–Crippen MR) is 369 cm³/mol. The highest BCUT2D eigenvalue weighted by atomic mass is 15.2. The zero-order chi connectivity index (χ0) is 59.0. The number of hydrogen-bond acceptors (Lipinski definition) is 6. The van der Waals surface area contributed by atoms with Crippen molar-refractivity contribution in [2.24, 2.45) is 0 Å². The lowest BCUT2D eigenvalue weighted by atomic mass is 9.33. The van der Waals surface area contributed by atoms with Crippen LogP contribution in [0.1, 0.15) is 24.7 Å². The third-order valence-electron chi connectivity index (χ3n) is 18.3. The SMILES string of the molecule is CC1(c2cc(-c3ccccc3)nc(-c3ccccc3)n2)CC(c2cc(-c3ccccc3)nc(-c3ccccc3)n2)=CC=C1n1c2ccccc2c2cc(-c3cc4c5c(c3)N(c3ccccc3)c3ccccc3B5c3ccccc3N4c3ccccc3)ccc21. The summed E-state index contributed by atoms with van der Waals surface area (Å²) in [6.45, 7) is 2.38. The highest BCUT2D eigenvalue weighted by Gasteiger charge is 2.44. The van der Waals surface area contributed by atoms with Crippen LogP contribution in [0, 0.1) is 0 Å². The first-order valence-corrected chi connectivity index (χ1v) is 30.5. The maximum atomic E-state index is 5.67. The highest BCUT2D eigenvalue weighted by Crippen LogP contribution is 2.51. The lowest BCUT2D eigenvalue weighted by Crippen LogP contribution is -2.61. The van der Waals surface area contributed by atoms with E-state index in [0.717, 1.165) is 101 Å². The summed E-state index contributed by atoms with van der Waals surface area (Å²) >= 11 is 0. The van der Waals surface area contributed by atoms with Crippen LogP contribution in [0.5, 0.6) is 0 Å². The van der Waals surface area contributed by atoms with Gasteiger partial charge < -0.3 is 14.4 Å². The summed E-state index contributed by atoms with van der Waals surface area (Å²) in [6, 6.07) is 107. The van der Waals surface area contributed by atoms with Crippen molar-refractivity contribution in [2.45, 2.75) is 18.8 Å². The van der Waals surface area contributed by atoms with Gasteiger partial charge in [0.15, 0.2) is 11.6 Å². The number of rotatable bonds is 10. The minimum absolute atomic E-state index is 0.0167. The predicted octanol–water partition coefficient (Wildman–Crippen LogP) is 18.1. The van der Waals surface area contributed by atoms with Gasteiger partial charge in [0.25, 0.3) is 6.71 Å². The van der Waals surface area contributed by atoms with Crippen molar-refractivity contribution in [1.29, 1.82) is 0 Å². The Hall–Kier alpha value is -11.5. The Labute approximate surface area is 517 Å². The van der Waals surface area contributed by atoms with Crippen LogP contribution in [0.4, 0.5) is 34.1 Å². The Kier molecular flexibility index (Phi) is 12.4. The molecule has 0 bridgehead atoms. The zero-order valence-electron chi connectivity index (χ0n) is 48.9. The van der Waals surface area contributed by atoms with E-state index in [4.69, 9.17) is 19.9 Å². The van der Waals surface area contributed by atoms with Crippen LogP contribution in [0.2, 0.25) is 0 Å². The van der Waals surface area contributed by atoms with Crippen LogP contribution >= 0.6 is 0 Å². The molecule has 8 heteroatoms.